The Morgan fingerprint density at radius 1 is 1.08 bits per heavy atom. The van der Waals surface area contributed by atoms with E-state index in [9.17, 15) is 18.0 Å². The molecule has 0 atom stereocenters. The van der Waals surface area contributed by atoms with Crippen molar-refractivity contribution in [1.29, 1.82) is 0 Å². The number of thiazole rings is 1. The summed E-state index contributed by atoms with van der Waals surface area (Å²) in [6.07, 6.45) is 0.821. The van der Waals surface area contributed by atoms with Gasteiger partial charge in [0.25, 0.3) is 0 Å². The standard InChI is InChI=1S/C27H27N3O4S3/c1-16(2)37(33,34)19-10-8-18(9-11-19)14-24(32)29-27-25(26-28-21-6-4-5-7-22(21)35-26)20-12-13-30(17(3)31)15-23(20)36-27/h4-11,16H,12-15H2,1-3H3,(H,29,32). The smallest absolute Gasteiger partial charge is 0.229 e. The Balaban J connectivity index is 1.44. The fraction of sp³-hybridized carbons (Fsp3) is 0.296. The number of rotatable bonds is 6. The number of para-hydroxylation sites is 1. The highest BCUT2D eigenvalue weighted by atomic mass is 32.2. The number of anilines is 1. The van der Waals surface area contributed by atoms with Crippen LogP contribution in [0.1, 0.15) is 36.8 Å². The second-order valence-electron chi connectivity index (χ2n) is 9.35. The molecule has 7 nitrogen and oxygen atoms in total. The van der Waals surface area contributed by atoms with E-state index in [0.717, 1.165) is 41.8 Å². The maximum Gasteiger partial charge on any atom is 0.229 e. The van der Waals surface area contributed by atoms with Gasteiger partial charge >= 0.3 is 0 Å². The van der Waals surface area contributed by atoms with Crippen molar-refractivity contribution in [2.24, 2.45) is 0 Å². The molecule has 0 spiro atoms. The number of nitrogens with one attached hydrogen (secondary N) is 1. The Kier molecular flexibility index (Phi) is 6.91. The van der Waals surface area contributed by atoms with Gasteiger partial charge in [-0.15, -0.1) is 22.7 Å². The van der Waals surface area contributed by atoms with Gasteiger partial charge in [0.1, 0.15) is 10.0 Å². The second kappa shape index (κ2) is 10.00. The molecule has 1 aliphatic heterocycles. The Morgan fingerprint density at radius 3 is 2.49 bits per heavy atom. The van der Waals surface area contributed by atoms with Crippen molar-refractivity contribution >= 4 is 59.5 Å². The third-order valence-electron chi connectivity index (χ3n) is 6.50. The maximum atomic E-state index is 13.1. The summed E-state index contributed by atoms with van der Waals surface area (Å²) < 4.78 is 25.9. The summed E-state index contributed by atoms with van der Waals surface area (Å²) in [5.41, 5.74) is 3.72. The van der Waals surface area contributed by atoms with Crippen molar-refractivity contribution in [1.82, 2.24) is 9.88 Å². The molecule has 10 heteroatoms. The molecule has 1 N–H and O–H groups in total. The van der Waals surface area contributed by atoms with E-state index >= 15 is 0 Å². The van der Waals surface area contributed by atoms with Crippen molar-refractivity contribution in [3.05, 3.63) is 64.5 Å². The van der Waals surface area contributed by atoms with E-state index in [4.69, 9.17) is 4.98 Å². The number of sulfone groups is 1. The largest absolute Gasteiger partial charge is 0.337 e. The van der Waals surface area contributed by atoms with Gasteiger partial charge in [-0.05, 0) is 55.7 Å². The zero-order chi connectivity index (χ0) is 26.3. The molecule has 0 fully saturated rings. The Bertz CT molecular complexity index is 1570. The minimum atomic E-state index is -3.36. The fourth-order valence-electron chi connectivity index (χ4n) is 4.39. The third kappa shape index (κ3) is 5.05. The van der Waals surface area contributed by atoms with E-state index < -0.39 is 15.1 Å². The zero-order valence-electron chi connectivity index (χ0n) is 20.8. The van der Waals surface area contributed by atoms with Gasteiger partial charge in [0.15, 0.2) is 9.84 Å². The van der Waals surface area contributed by atoms with Crippen molar-refractivity contribution in [2.45, 2.75) is 50.3 Å². The van der Waals surface area contributed by atoms with Crippen LogP contribution in [0.5, 0.6) is 0 Å². The molecular formula is C27H27N3O4S3. The fourth-order valence-corrected chi connectivity index (χ4v) is 7.84. The van der Waals surface area contributed by atoms with Gasteiger partial charge in [-0.3, -0.25) is 9.59 Å². The summed E-state index contributed by atoms with van der Waals surface area (Å²) in [4.78, 5) is 33.1. The molecule has 2 aromatic carbocycles. The lowest BCUT2D eigenvalue weighted by Gasteiger charge is -2.26. The first kappa shape index (κ1) is 25.6. The number of thiophene rings is 1. The number of hydrogen-bond acceptors (Lipinski definition) is 7. The molecule has 2 aromatic heterocycles. The molecule has 5 rings (SSSR count). The normalized spacial score (nSPS) is 13.7. The van der Waals surface area contributed by atoms with Crippen LogP contribution in [0.3, 0.4) is 0 Å². The van der Waals surface area contributed by atoms with E-state index in [1.54, 1.807) is 56.4 Å². The van der Waals surface area contributed by atoms with E-state index in [0.29, 0.717) is 19.5 Å². The Morgan fingerprint density at radius 2 is 1.81 bits per heavy atom. The van der Waals surface area contributed by atoms with Crippen molar-refractivity contribution in [3.8, 4) is 10.6 Å². The van der Waals surface area contributed by atoms with Gasteiger partial charge in [0.05, 0.1) is 33.3 Å². The lowest BCUT2D eigenvalue weighted by Crippen LogP contribution is -2.33. The van der Waals surface area contributed by atoms with E-state index in [2.05, 4.69) is 5.32 Å². The van der Waals surface area contributed by atoms with Crippen molar-refractivity contribution < 1.29 is 18.0 Å². The van der Waals surface area contributed by atoms with Crippen LogP contribution in [0.25, 0.3) is 20.8 Å². The number of amides is 2. The predicted octanol–water partition coefficient (Wildman–Crippen LogP) is 5.29. The number of carbonyl (C=O) groups is 2. The summed E-state index contributed by atoms with van der Waals surface area (Å²) in [6.45, 7) is 6.03. The number of fused-ring (bicyclic) bond motifs is 2. The molecule has 0 bridgehead atoms. The molecule has 3 heterocycles. The Labute approximate surface area is 224 Å². The summed E-state index contributed by atoms with van der Waals surface area (Å²) in [6, 6.07) is 14.5. The molecule has 1 aliphatic rings. The highest BCUT2D eigenvalue weighted by molar-refractivity contribution is 7.92. The molecule has 37 heavy (non-hydrogen) atoms. The SMILES string of the molecule is CC(=O)N1CCc2c(sc(NC(=O)Cc3ccc(S(=O)(=O)C(C)C)cc3)c2-c2nc3ccccc3s2)C1. The number of hydrogen-bond donors (Lipinski definition) is 1. The summed E-state index contributed by atoms with van der Waals surface area (Å²) in [5.74, 6) is -0.155. The van der Waals surface area contributed by atoms with Crippen LogP contribution in [0.4, 0.5) is 5.00 Å². The van der Waals surface area contributed by atoms with Crippen LogP contribution < -0.4 is 5.32 Å². The van der Waals surface area contributed by atoms with E-state index in [1.807, 2.05) is 29.2 Å². The predicted molar refractivity (Wildman–Crippen MR) is 149 cm³/mol. The van der Waals surface area contributed by atoms with E-state index in [-0.39, 0.29) is 23.1 Å². The van der Waals surface area contributed by atoms with Crippen LogP contribution in [-0.2, 0) is 38.8 Å². The molecule has 4 aromatic rings. The molecule has 2 amide bonds. The van der Waals surface area contributed by atoms with Crippen LogP contribution in [0.15, 0.2) is 53.4 Å². The van der Waals surface area contributed by atoms with Gasteiger partial charge < -0.3 is 10.2 Å². The molecule has 0 aliphatic carbocycles. The number of benzene rings is 2. The zero-order valence-corrected chi connectivity index (χ0v) is 23.2. The molecule has 192 valence electrons. The minimum absolute atomic E-state index is 0.0362. The topological polar surface area (TPSA) is 96.4 Å². The summed E-state index contributed by atoms with van der Waals surface area (Å²) in [5, 5.41) is 4.17. The molecule has 0 saturated carbocycles. The maximum absolute atomic E-state index is 13.1. The van der Waals surface area contributed by atoms with Crippen molar-refractivity contribution in [2.75, 3.05) is 11.9 Å². The Hall–Kier alpha value is -3.08. The number of carbonyl (C=O) groups excluding carboxylic acids is 2. The summed E-state index contributed by atoms with van der Waals surface area (Å²) >= 11 is 3.09. The lowest BCUT2D eigenvalue weighted by atomic mass is 10.0. The molecule has 0 radical (unpaired) electrons. The first-order valence-corrected chi connectivity index (χ1v) is 15.2. The first-order chi connectivity index (χ1) is 17.6. The molecular weight excluding hydrogens is 527 g/mol. The number of aromatic nitrogens is 1. The summed E-state index contributed by atoms with van der Waals surface area (Å²) in [7, 11) is -3.36. The average molecular weight is 554 g/mol. The van der Waals surface area contributed by atoms with Gasteiger partial charge in [0, 0.05) is 23.9 Å². The quantitative estimate of drug-likeness (QED) is 0.350. The number of nitrogens with zero attached hydrogens (tertiary/aromatic N) is 2. The molecule has 0 unspecified atom stereocenters. The van der Waals surface area contributed by atoms with Crippen LogP contribution >= 0.6 is 22.7 Å². The highest BCUT2D eigenvalue weighted by Gasteiger charge is 2.28. The first-order valence-electron chi connectivity index (χ1n) is 12.0. The average Bonchev–Trinajstić information content (AvgIpc) is 3.44. The van der Waals surface area contributed by atoms with Gasteiger partial charge in [-0.2, -0.15) is 0 Å². The minimum Gasteiger partial charge on any atom is -0.337 e. The highest BCUT2D eigenvalue weighted by Crippen LogP contribution is 2.45. The van der Waals surface area contributed by atoms with E-state index in [1.165, 1.54) is 11.3 Å². The van der Waals surface area contributed by atoms with Crippen LogP contribution in [-0.4, -0.2) is 41.9 Å². The van der Waals surface area contributed by atoms with Crippen LogP contribution in [0.2, 0.25) is 0 Å². The lowest BCUT2D eigenvalue weighted by molar-refractivity contribution is -0.129. The van der Waals surface area contributed by atoms with Gasteiger partial charge in [0.2, 0.25) is 11.8 Å². The van der Waals surface area contributed by atoms with Crippen molar-refractivity contribution in [3.63, 3.8) is 0 Å². The third-order valence-corrected chi connectivity index (χ3v) is 10.9. The van der Waals surface area contributed by atoms with Gasteiger partial charge in [-0.25, -0.2) is 13.4 Å². The van der Waals surface area contributed by atoms with Gasteiger partial charge in [-0.1, -0.05) is 24.3 Å². The second-order valence-corrected chi connectivity index (χ2v) is 14.0. The van der Waals surface area contributed by atoms with Crippen LogP contribution in [0, 0.1) is 0 Å². The monoisotopic (exact) mass is 553 g/mol. The molecule has 0 saturated heterocycles.